The van der Waals surface area contributed by atoms with E-state index < -0.39 is 5.97 Å². The van der Waals surface area contributed by atoms with Crippen LogP contribution in [0.15, 0.2) is 28.7 Å². The largest absolute Gasteiger partial charge is 0.475 e. The number of carboxylic acids is 1. The van der Waals surface area contributed by atoms with E-state index in [9.17, 15) is 4.79 Å². The predicted octanol–water partition coefficient (Wildman–Crippen LogP) is 2.00. The second kappa shape index (κ2) is 2.89. The van der Waals surface area contributed by atoms with Crippen molar-refractivity contribution in [3.63, 3.8) is 0 Å². The Morgan fingerprint density at radius 2 is 2.14 bits per heavy atom. The summed E-state index contributed by atoms with van der Waals surface area (Å²) in [6.07, 6.45) is 0. The van der Waals surface area contributed by atoms with Gasteiger partial charge in [-0.1, -0.05) is 12.1 Å². The molecule has 0 bridgehead atoms. The molecule has 0 aliphatic carbocycles. The zero-order valence-electron chi connectivity index (χ0n) is 7.02. The molecule has 0 aliphatic heterocycles. The Bertz CT molecular complexity index is 548. The zero-order chi connectivity index (χ0) is 10.1. The molecule has 1 aromatic heterocycles. The monoisotopic (exact) mass is 187 g/mol. The maximum absolute atomic E-state index is 10.7. The van der Waals surface area contributed by atoms with Gasteiger partial charge in [0.05, 0.1) is 0 Å². The number of hydrogen-bond donors (Lipinski definition) is 1. The summed E-state index contributed by atoms with van der Waals surface area (Å²) in [4.78, 5) is 10.7. The lowest BCUT2D eigenvalue weighted by Crippen LogP contribution is -1.95. The summed E-state index contributed by atoms with van der Waals surface area (Å²) < 4.78 is 5.03. The van der Waals surface area contributed by atoms with Gasteiger partial charge in [0.25, 0.3) is 0 Å². The fraction of sp³-hybridized carbons (Fsp3) is 0. The van der Waals surface area contributed by atoms with Gasteiger partial charge in [-0.3, -0.25) is 0 Å². The second-order valence-corrected chi connectivity index (χ2v) is 2.72. The summed E-state index contributed by atoms with van der Waals surface area (Å²) in [6, 6.07) is 8.56. The SMILES string of the molecule is N#Cc1c(C(=O)O)oc2ccccc12. The average Bonchev–Trinajstić information content (AvgIpc) is 2.56. The number of aromatic carboxylic acids is 1. The summed E-state index contributed by atoms with van der Waals surface area (Å²) in [5.41, 5.74) is 0.495. The number of fused-ring (bicyclic) bond motifs is 1. The molecule has 4 heteroatoms. The first-order chi connectivity index (χ1) is 6.74. The van der Waals surface area contributed by atoms with E-state index in [0.29, 0.717) is 11.0 Å². The first-order valence-electron chi connectivity index (χ1n) is 3.89. The average molecular weight is 187 g/mol. The molecule has 0 atom stereocenters. The van der Waals surface area contributed by atoms with Crippen molar-refractivity contribution in [1.82, 2.24) is 0 Å². The van der Waals surface area contributed by atoms with Gasteiger partial charge in [-0.05, 0) is 12.1 Å². The number of hydrogen-bond acceptors (Lipinski definition) is 3. The third kappa shape index (κ3) is 1.04. The van der Waals surface area contributed by atoms with Gasteiger partial charge in [-0.15, -0.1) is 0 Å². The van der Waals surface area contributed by atoms with Gasteiger partial charge in [0.2, 0.25) is 5.76 Å². The van der Waals surface area contributed by atoms with Crippen molar-refractivity contribution in [2.45, 2.75) is 0 Å². The Hall–Kier alpha value is -2.28. The van der Waals surface area contributed by atoms with Crippen LogP contribution in [0.5, 0.6) is 0 Å². The summed E-state index contributed by atoms with van der Waals surface area (Å²) >= 11 is 0. The normalized spacial score (nSPS) is 9.93. The van der Waals surface area contributed by atoms with E-state index in [0.717, 1.165) is 0 Å². The second-order valence-electron chi connectivity index (χ2n) is 2.72. The minimum absolute atomic E-state index is 0.0769. The van der Waals surface area contributed by atoms with Gasteiger partial charge >= 0.3 is 5.97 Å². The maximum Gasteiger partial charge on any atom is 0.373 e. The smallest absolute Gasteiger partial charge is 0.373 e. The molecule has 0 saturated heterocycles. The molecule has 0 aliphatic rings. The first kappa shape index (κ1) is 8.32. The van der Waals surface area contributed by atoms with E-state index >= 15 is 0 Å². The fourth-order valence-corrected chi connectivity index (χ4v) is 1.31. The standard InChI is InChI=1S/C10H5NO3/c11-5-7-6-3-1-2-4-8(6)14-9(7)10(12)13/h1-4H,(H,12,13). The number of carbonyl (C=O) groups is 1. The van der Waals surface area contributed by atoms with Crippen LogP contribution in [0.1, 0.15) is 16.1 Å². The minimum Gasteiger partial charge on any atom is -0.475 e. The van der Waals surface area contributed by atoms with Crippen LogP contribution in [0, 0.1) is 11.3 Å². The molecule has 1 heterocycles. The van der Waals surface area contributed by atoms with E-state index in [1.165, 1.54) is 0 Å². The van der Waals surface area contributed by atoms with Crippen molar-refractivity contribution in [2.24, 2.45) is 0 Å². The molecule has 0 fully saturated rings. The molecule has 0 radical (unpaired) electrons. The third-order valence-corrected chi connectivity index (χ3v) is 1.90. The summed E-state index contributed by atoms with van der Waals surface area (Å²) in [5, 5.41) is 18.1. The van der Waals surface area contributed by atoms with E-state index in [-0.39, 0.29) is 11.3 Å². The molecule has 1 aromatic carbocycles. The zero-order valence-corrected chi connectivity index (χ0v) is 7.02. The Morgan fingerprint density at radius 3 is 2.79 bits per heavy atom. The highest BCUT2D eigenvalue weighted by Gasteiger charge is 2.18. The third-order valence-electron chi connectivity index (χ3n) is 1.90. The van der Waals surface area contributed by atoms with Crippen LogP contribution in [-0.4, -0.2) is 11.1 Å². The lowest BCUT2D eigenvalue weighted by atomic mass is 10.1. The van der Waals surface area contributed by atoms with E-state index in [4.69, 9.17) is 14.8 Å². The van der Waals surface area contributed by atoms with Gasteiger partial charge in [-0.25, -0.2) is 4.79 Å². The molecule has 14 heavy (non-hydrogen) atoms. The molecule has 4 nitrogen and oxygen atoms in total. The van der Waals surface area contributed by atoms with Crippen molar-refractivity contribution in [2.75, 3.05) is 0 Å². The summed E-state index contributed by atoms with van der Waals surface area (Å²) in [5.74, 6) is -1.52. The Morgan fingerprint density at radius 1 is 1.43 bits per heavy atom. The Balaban J connectivity index is 2.87. The number of para-hydroxylation sites is 1. The van der Waals surface area contributed by atoms with Crippen LogP contribution < -0.4 is 0 Å². The Labute approximate surface area is 79.0 Å². The Kier molecular flexibility index (Phi) is 1.72. The highest BCUT2D eigenvalue weighted by molar-refractivity contribution is 5.97. The van der Waals surface area contributed by atoms with Crippen LogP contribution in [0.2, 0.25) is 0 Å². The molecule has 68 valence electrons. The van der Waals surface area contributed by atoms with Crippen molar-refractivity contribution in [3.8, 4) is 6.07 Å². The van der Waals surface area contributed by atoms with Gasteiger partial charge in [0.15, 0.2) is 0 Å². The lowest BCUT2D eigenvalue weighted by Gasteiger charge is -1.84. The number of nitriles is 1. The molecule has 0 saturated carbocycles. The predicted molar refractivity (Wildman–Crippen MR) is 47.9 cm³/mol. The number of carboxylic acid groups (broad SMARTS) is 1. The quantitative estimate of drug-likeness (QED) is 0.740. The van der Waals surface area contributed by atoms with E-state index in [1.807, 2.05) is 6.07 Å². The number of furan rings is 1. The van der Waals surface area contributed by atoms with Crippen LogP contribution in [0.3, 0.4) is 0 Å². The van der Waals surface area contributed by atoms with Crippen molar-refractivity contribution < 1.29 is 14.3 Å². The van der Waals surface area contributed by atoms with Gasteiger partial charge in [-0.2, -0.15) is 5.26 Å². The topological polar surface area (TPSA) is 74.2 Å². The molecule has 2 aromatic rings. The molecular weight excluding hydrogens is 182 g/mol. The van der Waals surface area contributed by atoms with Crippen LogP contribution in [-0.2, 0) is 0 Å². The van der Waals surface area contributed by atoms with Crippen LogP contribution >= 0.6 is 0 Å². The van der Waals surface area contributed by atoms with E-state index in [2.05, 4.69) is 0 Å². The van der Waals surface area contributed by atoms with Crippen molar-refractivity contribution in [3.05, 3.63) is 35.6 Å². The summed E-state index contributed by atoms with van der Waals surface area (Å²) in [7, 11) is 0. The van der Waals surface area contributed by atoms with Gasteiger partial charge in [0.1, 0.15) is 17.2 Å². The number of benzene rings is 1. The fourth-order valence-electron chi connectivity index (χ4n) is 1.31. The highest BCUT2D eigenvalue weighted by Crippen LogP contribution is 2.24. The highest BCUT2D eigenvalue weighted by atomic mass is 16.4. The van der Waals surface area contributed by atoms with Crippen molar-refractivity contribution in [1.29, 1.82) is 5.26 Å². The molecule has 2 rings (SSSR count). The number of nitrogens with zero attached hydrogens (tertiary/aromatic N) is 1. The lowest BCUT2D eigenvalue weighted by molar-refractivity contribution is 0.0664. The summed E-state index contributed by atoms with van der Waals surface area (Å²) in [6.45, 7) is 0. The van der Waals surface area contributed by atoms with Crippen LogP contribution in [0.25, 0.3) is 11.0 Å². The van der Waals surface area contributed by atoms with Crippen LogP contribution in [0.4, 0.5) is 0 Å². The molecule has 0 unspecified atom stereocenters. The first-order valence-corrected chi connectivity index (χ1v) is 3.89. The van der Waals surface area contributed by atoms with Crippen molar-refractivity contribution >= 4 is 16.9 Å². The molecule has 0 spiro atoms. The molecular formula is C10H5NO3. The van der Waals surface area contributed by atoms with Gasteiger partial charge < -0.3 is 9.52 Å². The molecule has 1 N–H and O–H groups in total. The maximum atomic E-state index is 10.7. The minimum atomic E-state index is -1.22. The number of rotatable bonds is 1. The van der Waals surface area contributed by atoms with Gasteiger partial charge in [0, 0.05) is 5.39 Å². The molecule has 0 amide bonds. The van der Waals surface area contributed by atoms with E-state index in [1.54, 1.807) is 24.3 Å².